The van der Waals surface area contributed by atoms with Crippen molar-refractivity contribution in [3.05, 3.63) is 45.9 Å². The van der Waals surface area contributed by atoms with Gasteiger partial charge in [-0.1, -0.05) is 12.1 Å². The lowest BCUT2D eigenvalue weighted by Gasteiger charge is -2.23. The van der Waals surface area contributed by atoms with Crippen molar-refractivity contribution in [3.8, 4) is 0 Å². The number of alkyl carbamates (subject to hydrolysis) is 1. The average molecular weight is 441 g/mol. The first-order chi connectivity index (χ1) is 13.5. The predicted octanol–water partition coefficient (Wildman–Crippen LogP) is 1.92. The number of anilines is 1. The third-order valence-corrected chi connectivity index (χ3v) is 4.98. The molecule has 4 N–H and O–H groups in total. The van der Waals surface area contributed by atoms with E-state index in [-0.39, 0.29) is 6.42 Å². The molecule has 9 nitrogen and oxygen atoms in total. The molecule has 158 valence electrons. The molecular weight excluding hydrogens is 416 g/mol. The second kappa shape index (κ2) is 9.70. The Kier molecular flexibility index (Phi) is 7.57. The maximum atomic E-state index is 12.3. The normalized spacial score (nSPS) is 12.4. The summed E-state index contributed by atoms with van der Waals surface area (Å²) in [6, 6.07) is 6.27. The second-order valence-electron chi connectivity index (χ2n) is 7.29. The third kappa shape index (κ3) is 8.08. The van der Waals surface area contributed by atoms with E-state index in [0.29, 0.717) is 22.8 Å². The zero-order chi connectivity index (χ0) is 21.6. The Hall–Kier alpha value is -2.66. The SMILES string of the molecule is CC(C)(C)OC(=O)N[C@@H](Cc1ccc(N[SH](=O)=O)cc1)c1nc(CC(N)=O)cs1. The van der Waals surface area contributed by atoms with Crippen LogP contribution < -0.4 is 15.8 Å². The molecule has 1 atom stereocenters. The van der Waals surface area contributed by atoms with E-state index in [4.69, 9.17) is 10.5 Å². The van der Waals surface area contributed by atoms with E-state index in [9.17, 15) is 18.0 Å². The van der Waals surface area contributed by atoms with Crippen LogP contribution in [0.25, 0.3) is 0 Å². The molecule has 0 bridgehead atoms. The molecule has 1 aromatic carbocycles. The zero-order valence-electron chi connectivity index (χ0n) is 16.3. The average Bonchev–Trinajstić information content (AvgIpc) is 3.01. The van der Waals surface area contributed by atoms with Gasteiger partial charge in [0, 0.05) is 11.1 Å². The van der Waals surface area contributed by atoms with Crippen molar-refractivity contribution in [2.45, 2.75) is 45.3 Å². The minimum atomic E-state index is -2.74. The van der Waals surface area contributed by atoms with E-state index in [1.54, 1.807) is 50.4 Å². The number of carbonyl (C=O) groups is 2. The molecule has 0 fully saturated rings. The van der Waals surface area contributed by atoms with E-state index in [1.807, 2.05) is 0 Å². The topological polar surface area (TPSA) is 140 Å². The number of thiazole rings is 1. The number of nitrogens with two attached hydrogens (primary N) is 1. The number of thiol groups is 1. The van der Waals surface area contributed by atoms with Crippen LogP contribution in [0, 0.1) is 0 Å². The molecule has 0 saturated heterocycles. The van der Waals surface area contributed by atoms with E-state index < -0.39 is 34.5 Å². The van der Waals surface area contributed by atoms with Crippen LogP contribution in [0.4, 0.5) is 10.5 Å². The fourth-order valence-electron chi connectivity index (χ4n) is 2.45. The number of hydrogen-bond donors (Lipinski definition) is 4. The van der Waals surface area contributed by atoms with Gasteiger partial charge in [0.05, 0.1) is 18.2 Å². The molecule has 29 heavy (non-hydrogen) atoms. The number of nitrogens with zero attached hydrogens (tertiary/aromatic N) is 1. The van der Waals surface area contributed by atoms with Gasteiger partial charge in [-0.15, -0.1) is 11.3 Å². The number of hydrogen-bond acceptors (Lipinski definition) is 7. The van der Waals surface area contributed by atoms with Crippen LogP contribution in [0.5, 0.6) is 0 Å². The van der Waals surface area contributed by atoms with Gasteiger partial charge in [0.1, 0.15) is 10.6 Å². The Morgan fingerprint density at radius 1 is 1.24 bits per heavy atom. The van der Waals surface area contributed by atoms with Crippen molar-refractivity contribution in [1.82, 2.24) is 10.3 Å². The smallest absolute Gasteiger partial charge is 0.408 e. The summed E-state index contributed by atoms with van der Waals surface area (Å²) in [6.45, 7) is 5.30. The van der Waals surface area contributed by atoms with Gasteiger partial charge in [0.2, 0.25) is 16.8 Å². The highest BCUT2D eigenvalue weighted by Crippen LogP contribution is 2.24. The molecule has 2 rings (SSSR count). The van der Waals surface area contributed by atoms with Crippen molar-refractivity contribution in [2.24, 2.45) is 5.73 Å². The first kappa shape index (κ1) is 22.6. The molecule has 0 saturated carbocycles. The standard InChI is InChI=1S/C18H24N4O5S2/c1-18(2,3)27-17(24)21-14(16-20-13(10-28-16)9-15(19)23)8-11-4-6-12(7-5-11)22-29(25)26/h4-7,10,14,29H,8-9H2,1-3H3,(H2,19,23)(H,21,24)(H,22,25,26)/t14-/m0/s1. The lowest BCUT2D eigenvalue weighted by Crippen LogP contribution is -2.35. The minimum absolute atomic E-state index is 0.0173. The number of ether oxygens (including phenoxy) is 1. The van der Waals surface area contributed by atoms with Gasteiger partial charge in [-0.05, 0) is 44.9 Å². The Balaban J connectivity index is 2.20. The Morgan fingerprint density at radius 3 is 2.45 bits per heavy atom. The lowest BCUT2D eigenvalue weighted by atomic mass is 10.1. The van der Waals surface area contributed by atoms with Crippen LogP contribution in [0.2, 0.25) is 0 Å². The summed E-state index contributed by atoms with van der Waals surface area (Å²) >= 11 is 1.31. The molecule has 1 aromatic heterocycles. The van der Waals surface area contributed by atoms with Crippen molar-refractivity contribution < 1.29 is 22.7 Å². The monoisotopic (exact) mass is 440 g/mol. The maximum absolute atomic E-state index is 12.3. The predicted molar refractivity (Wildman–Crippen MR) is 111 cm³/mol. The Morgan fingerprint density at radius 2 is 1.90 bits per heavy atom. The number of benzene rings is 1. The van der Waals surface area contributed by atoms with Crippen molar-refractivity contribution in [3.63, 3.8) is 0 Å². The summed E-state index contributed by atoms with van der Waals surface area (Å²) in [5.74, 6) is -0.488. The van der Waals surface area contributed by atoms with Crippen molar-refractivity contribution in [1.29, 1.82) is 0 Å². The van der Waals surface area contributed by atoms with E-state index in [1.165, 1.54) is 11.3 Å². The summed E-state index contributed by atoms with van der Waals surface area (Å²) in [5, 5.41) is 5.14. The first-order valence-electron chi connectivity index (χ1n) is 8.74. The van der Waals surface area contributed by atoms with Gasteiger partial charge in [-0.3, -0.25) is 9.52 Å². The summed E-state index contributed by atoms with van der Waals surface area (Å²) in [6.07, 6.45) is -0.175. The van der Waals surface area contributed by atoms with Gasteiger partial charge >= 0.3 is 6.09 Å². The molecule has 0 unspecified atom stereocenters. The van der Waals surface area contributed by atoms with Gasteiger partial charge < -0.3 is 15.8 Å². The quantitative estimate of drug-likeness (QED) is 0.462. The van der Waals surface area contributed by atoms with E-state index >= 15 is 0 Å². The molecule has 0 radical (unpaired) electrons. The van der Waals surface area contributed by atoms with E-state index in [2.05, 4.69) is 15.0 Å². The van der Waals surface area contributed by atoms with Gasteiger partial charge in [-0.25, -0.2) is 18.2 Å². The summed E-state index contributed by atoms with van der Waals surface area (Å²) < 4.78 is 29.2. The fraction of sp³-hybridized carbons (Fsp3) is 0.389. The highest BCUT2D eigenvalue weighted by Gasteiger charge is 2.23. The van der Waals surface area contributed by atoms with Crippen molar-refractivity contribution in [2.75, 3.05) is 4.72 Å². The van der Waals surface area contributed by atoms with Crippen LogP contribution in [0.1, 0.15) is 43.1 Å². The number of carbonyl (C=O) groups excluding carboxylic acids is 2. The molecule has 11 heteroatoms. The largest absolute Gasteiger partial charge is 0.444 e. The molecule has 2 amide bonds. The second-order valence-corrected chi connectivity index (χ2v) is 8.92. The van der Waals surface area contributed by atoms with Gasteiger partial charge in [-0.2, -0.15) is 0 Å². The van der Waals surface area contributed by atoms with Crippen molar-refractivity contribution >= 4 is 39.9 Å². The first-order valence-corrected chi connectivity index (χ1v) is 10.8. The molecule has 0 aliphatic heterocycles. The Bertz CT molecular complexity index is 924. The van der Waals surface area contributed by atoms with Crippen LogP contribution in [0.3, 0.4) is 0 Å². The van der Waals surface area contributed by atoms with Crippen LogP contribution in [0.15, 0.2) is 29.6 Å². The summed E-state index contributed by atoms with van der Waals surface area (Å²) in [7, 11) is -2.74. The third-order valence-electron chi connectivity index (χ3n) is 3.53. The highest BCUT2D eigenvalue weighted by atomic mass is 32.2. The summed E-state index contributed by atoms with van der Waals surface area (Å²) in [5.41, 5.74) is 6.39. The number of nitrogens with one attached hydrogen (secondary N) is 2. The number of aromatic nitrogens is 1. The summed E-state index contributed by atoms with van der Waals surface area (Å²) in [4.78, 5) is 27.8. The molecular formula is C18H24N4O5S2. The lowest BCUT2D eigenvalue weighted by molar-refractivity contribution is -0.117. The number of rotatable bonds is 8. The van der Waals surface area contributed by atoms with Crippen LogP contribution in [-0.2, 0) is 33.3 Å². The zero-order valence-corrected chi connectivity index (χ0v) is 18.0. The maximum Gasteiger partial charge on any atom is 0.408 e. The minimum Gasteiger partial charge on any atom is -0.444 e. The number of primary amides is 1. The van der Waals surface area contributed by atoms with Gasteiger partial charge in [0.15, 0.2) is 0 Å². The van der Waals surface area contributed by atoms with Crippen LogP contribution in [-0.4, -0.2) is 31.0 Å². The van der Waals surface area contributed by atoms with Crippen LogP contribution >= 0.6 is 11.3 Å². The molecule has 0 aliphatic carbocycles. The Labute approximate surface area is 174 Å². The molecule has 1 heterocycles. The molecule has 0 spiro atoms. The molecule has 0 aliphatic rings. The van der Waals surface area contributed by atoms with Gasteiger partial charge in [0.25, 0.3) is 0 Å². The fourth-order valence-corrected chi connectivity index (χ4v) is 3.68. The van der Waals surface area contributed by atoms with E-state index in [0.717, 1.165) is 5.56 Å². The number of amides is 2. The molecule has 2 aromatic rings. The highest BCUT2D eigenvalue weighted by molar-refractivity contribution is 7.73.